The van der Waals surface area contributed by atoms with E-state index < -0.39 is 12.2 Å². The average Bonchev–Trinajstić information content (AvgIpc) is 2.48. The molecule has 0 bridgehead atoms. The van der Waals surface area contributed by atoms with Crippen LogP contribution in [-0.2, 0) is 4.79 Å². The first-order valence-corrected chi connectivity index (χ1v) is 6.87. The Morgan fingerprint density at radius 3 is 2.48 bits per heavy atom. The minimum absolute atomic E-state index is 0.219. The van der Waals surface area contributed by atoms with E-state index in [0.717, 1.165) is 11.3 Å². The number of hydrogen-bond acceptors (Lipinski definition) is 3. The van der Waals surface area contributed by atoms with Gasteiger partial charge in [0.25, 0.3) is 5.91 Å². The third-order valence-corrected chi connectivity index (χ3v) is 3.06. The number of amides is 1. The standard InChI is InChI=1S/C17H19NO3/c1-12(19)14-7-6-10-16(11-14)21-13(2)17(20)18-15-8-4-3-5-9-15/h3-13,19H,1-2H3,(H,18,20)/t12-,13?/m0/s1. The van der Waals surface area contributed by atoms with Gasteiger partial charge in [-0.3, -0.25) is 4.79 Å². The summed E-state index contributed by atoms with van der Waals surface area (Å²) in [5.74, 6) is 0.341. The van der Waals surface area contributed by atoms with E-state index in [1.165, 1.54) is 0 Å². The van der Waals surface area contributed by atoms with Crippen LogP contribution < -0.4 is 10.1 Å². The molecule has 0 radical (unpaired) electrons. The summed E-state index contributed by atoms with van der Waals surface area (Å²) in [5.41, 5.74) is 1.49. The number of hydrogen-bond donors (Lipinski definition) is 2. The SMILES string of the molecule is CC(Oc1cccc([C@H](C)O)c1)C(=O)Nc1ccccc1. The molecule has 2 aromatic rings. The van der Waals surface area contributed by atoms with E-state index in [9.17, 15) is 9.90 Å². The second kappa shape index (κ2) is 6.90. The van der Waals surface area contributed by atoms with Crippen molar-refractivity contribution in [3.05, 3.63) is 60.2 Å². The van der Waals surface area contributed by atoms with Gasteiger partial charge in [-0.25, -0.2) is 0 Å². The largest absolute Gasteiger partial charge is 0.481 e. The van der Waals surface area contributed by atoms with Gasteiger partial charge < -0.3 is 15.2 Å². The molecular weight excluding hydrogens is 266 g/mol. The minimum Gasteiger partial charge on any atom is -0.481 e. The van der Waals surface area contributed by atoms with Crippen LogP contribution in [0.15, 0.2) is 54.6 Å². The summed E-state index contributed by atoms with van der Waals surface area (Å²) < 4.78 is 5.62. The zero-order chi connectivity index (χ0) is 15.2. The zero-order valence-electron chi connectivity index (χ0n) is 12.1. The molecule has 110 valence electrons. The van der Waals surface area contributed by atoms with E-state index >= 15 is 0 Å². The van der Waals surface area contributed by atoms with Crippen LogP contribution in [0.4, 0.5) is 5.69 Å². The van der Waals surface area contributed by atoms with E-state index in [4.69, 9.17) is 4.74 Å². The molecule has 0 aliphatic rings. The number of ether oxygens (including phenoxy) is 1. The summed E-state index contributed by atoms with van der Waals surface area (Å²) in [5, 5.41) is 12.3. The first-order chi connectivity index (χ1) is 10.1. The van der Waals surface area contributed by atoms with Gasteiger partial charge in [0.15, 0.2) is 6.10 Å². The molecule has 0 spiro atoms. The molecule has 0 heterocycles. The second-order valence-corrected chi connectivity index (χ2v) is 4.86. The Labute approximate surface area is 124 Å². The van der Waals surface area contributed by atoms with Gasteiger partial charge in [0.05, 0.1) is 6.10 Å². The highest BCUT2D eigenvalue weighted by atomic mass is 16.5. The molecule has 2 atom stereocenters. The van der Waals surface area contributed by atoms with Crippen LogP contribution in [0.2, 0.25) is 0 Å². The minimum atomic E-state index is -0.630. The molecule has 1 unspecified atom stereocenters. The quantitative estimate of drug-likeness (QED) is 0.887. The summed E-state index contributed by atoms with van der Waals surface area (Å²) in [6.07, 6.45) is -1.20. The van der Waals surface area contributed by atoms with Gasteiger partial charge >= 0.3 is 0 Å². The van der Waals surface area contributed by atoms with Crippen LogP contribution in [0.3, 0.4) is 0 Å². The molecule has 0 aliphatic carbocycles. The van der Waals surface area contributed by atoms with Crippen molar-refractivity contribution < 1.29 is 14.6 Å². The van der Waals surface area contributed by atoms with Crippen molar-refractivity contribution in [3.63, 3.8) is 0 Å². The zero-order valence-corrected chi connectivity index (χ0v) is 12.1. The molecule has 0 aliphatic heterocycles. The maximum absolute atomic E-state index is 12.1. The second-order valence-electron chi connectivity index (χ2n) is 4.86. The average molecular weight is 285 g/mol. The maximum Gasteiger partial charge on any atom is 0.265 e. The number of anilines is 1. The predicted molar refractivity (Wildman–Crippen MR) is 82.2 cm³/mol. The molecule has 0 fully saturated rings. The predicted octanol–water partition coefficient (Wildman–Crippen LogP) is 3.15. The molecule has 1 amide bonds. The van der Waals surface area contributed by atoms with E-state index in [-0.39, 0.29) is 5.91 Å². The van der Waals surface area contributed by atoms with E-state index in [2.05, 4.69) is 5.32 Å². The Kier molecular flexibility index (Phi) is 4.95. The molecule has 2 N–H and O–H groups in total. The Morgan fingerprint density at radius 2 is 1.81 bits per heavy atom. The Bertz CT molecular complexity index is 596. The van der Waals surface area contributed by atoms with Crippen molar-refractivity contribution in [1.29, 1.82) is 0 Å². The maximum atomic E-state index is 12.1. The summed E-state index contributed by atoms with van der Waals surface area (Å²) in [4.78, 5) is 12.1. The van der Waals surface area contributed by atoms with Crippen molar-refractivity contribution in [2.45, 2.75) is 26.1 Å². The van der Waals surface area contributed by atoms with Gasteiger partial charge in [-0.1, -0.05) is 30.3 Å². The number of rotatable bonds is 5. The summed E-state index contributed by atoms with van der Waals surface area (Å²) in [6.45, 7) is 3.37. The number of para-hydroxylation sites is 1. The molecule has 21 heavy (non-hydrogen) atoms. The molecular formula is C17H19NO3. The van der Waals surface area contributed by atoms with Crippen LogP contribution in [-0.4, -0.2) is 17.1 Å². The molecule has 4 heteroatoms. The van der Waals surface area contributed by atoms with Gasteiger partial charge in [-0.2, -0.15) is 0 Å². The number of benzene rings is 2. The highest BCUT2D eigenvalue weighted by Gasteiger charge is 2.15. The summed E-state index contributed by atoms with van der Waals surface area (Å²) >= 11 is 0. The monoisotopic (exact) mass is 285 g/mol. The molecule has 4 nitrogen and oxygen atoms in total. The van der Waals surface area contributed by atoms with Crippen LogP contribution >= 0.6 is 0 Å². The van der Waals surface area contributed by atoms with Gasteiger partial charge in [0, 0.05) is 5.69 Å². The number of carbonyl (C=O) groups is 1. The Hall–Kier alpha value is -2.33. The topological polar surface area (TPSA) is 58.6 Å². The van der Waals surface area contributed by atoms with Crippen molar-refractivity contribution in [2.75, 3.05) is 5.32 Å². The lowest BCUT2D eigenvalue weighted by atomic mass is 10.1. The van der Waals surface area contributed by atoms with Gasteiger partial charge in [-0.05, 0) is 43.7 Å². The Balaban J connectivity index is 1.99. The lowest BCUT2D eigenvalue weighted by Gasteiger charge is -2.16. The first kappa shape index (κ1) is 15.1. The first-order valence-electron chi connectivity index (χ1n) is 6.87. The van der Waals surface area contributed by atoms with Gasteiger partial charge in [-0.15, -0.1) is 0 Å². The lowest BCUT2D eigenvalue weighted by Crippen LogP contribution is -2.30. The smallest absolute Gasteiger partial charge is 0.265 e. The Morgan fingerprint density at radius 1 is 1.10 bits per heavy atom. The van der Waals surface area contributed by atoms with Crippen LogP contribution in [0.25, 0.3) is 0 Å². The van der Waals surface area contributed by atoms with Gasteiger partial charge in [0.1, 0.15) is 5.75 Å². The normalized spacial score (nSPS) is 13.3. The van der Waals surface area contributed by atoms with Crippen molar-refractivity contribution in [1.82, 2.24) is 0 Å². The number of nitrogens with one attached hydrogen (secondary N) is 1. The number of aliphatic hydroxyl groups excluding tert-OH is 1. The molecule has 2 aromatic carbocycles. The fourth-order valence-electron chi connectivity index (χ4n) is 1.87. The van der Waals surface area contributed by atoms with E-state index in [1.807, 2.05) is 36.4 Å². The summed E-state index contributed by atoms with van der Waals surface area (Å²) in [6, 6.07) is 16.3. The number of carbonyl (C=O) groups excluding carboxylic acids is 1. The third-order valence-electron chi connectivity index (χ3n) is 3.06. The highest BCUT2D eigenvalue weighted by Crippen LogP contribution is 2.20. The van der Waals surface area contributed by atoms with Gasteiger partial charge in [0.2, 0.25) is 0 Å². The fraction of sp³-hybridized carbons (Fsp3) is 0.235. The third kappa shape index (κ3) is 4.33. The fourth-order valence-corrected chi connectivity index (χ4v) is 1.87. The van der Waals surface area contributed by atoms with Crippen LogP contribution in [0, 0.1) is 0 Å². The van der Waals surface area contributed by atoms with Crippen LogP contribution in [0.5, 0.6) is 5.75 Å². The molecule has 0 saturated carbocycles. The van der Waals surface area contributed by atoms with E-state index in [1.54, 1.807) is 32.0 Å². The molecule has 0 saturated heterocycles. The van der Waals surface area contributed by atoms with E-state index in [0.29, 0.717) is 5.75 Å². The van der Waals surface area contributed by atoms with Crippen LogP contribution in [0.1, 0.15) is 25.5 Å². The lowest BCUT2D eigenvalue weighted by molar-refractivity contribution is -0.122. The van der Waals surface area contributed by atoms with Crippen molar-refractivity contribution in [3.8, 4) is 5.75 Å². The number of aliphatic hydroxyl groups is 1. The molecule has 0 aromatic heterocycles. The highest BCUT2D eigenvalue weighted by molar-refractivity contribution is 5.94. The molecule has 2 rings (SSSR count). The van der Waals surface area contributed by atoms with Crippen molar-refractivity contribution in [2.24, 2.45) is 0 Å². The van der Waals surface area contributed by atoms with Crippen molar-refractivity contribution >= 4 is 11.6 Å². The summed E-state index contributed by atoms with van der Waals surface area (Å²) in [7, 11) is 0.